The minimum atomic E-state index is -0.151. The Bertz CT molecular complexity index is 1380. The van der Waals surface area contributed by atoms with E-state index in [1.54, 1.807) is 6.20 Å². The standard InChI is InChI=1S/C28H27N5O2/c1-32(2)21-9-4-6-18(15-21)24-13-12-23-22-10-5-11-25(22)33(27(23)31-24)28(34)30-20-8-3-7-19(14-20)26-16-29-17-35-26/h3-4,6-9,12-17,22,25H,5,10-11H2,1-2H3,(H,30,34). The van der Waals surface area contributed by atoms with Crippen molar-refractivity contribution in [1.29, 1.82) is 0 Å². The Kier molecular flexibility index (Phi) is 5.25. The Morgan fingerprint density at radius 3 is 2.74 bits per heavy atom. The molecule has 7 heteroatoms. The zero-order chi connectivity index (χ0) is 23.9. The fourth-order valence-corrected chi connectivity index (χ4v) is 5.35. The lowest BCUT2D eigenvalue weighted by atomic mass is 9.98. The van der Waals surface area contributed by atoms with Crippen molar-refractivity contribution in [3.8, 4) is 22.6 Å². The number of nitrogens with zero attached hydrogens (tertiary/aromatic N) is 4. The lowest BCUT2D eigenvalue weighted by Crippen LogP contribution is -2.40. The summed E-state index contributed by atoms with van der Waals surface area (Å²) in [5.41, 5.74) is 5.77. The van der Waals surface area contributed by atoms with E-state index in [0.717, 1.165) is 47.6 Å². The van der Waals surface area contributed by atoms with E-state index in [9.17, 15) is 4.79 Å². The van der Waals surface area contributed by atoms with Crippen molar-refractivity contribution in [3.05, 3.63) is 78.8 Å². The van der Waals surface area contributed by atoms with Crippen molar-refractivity contribution in [3.63, 3.8) is 0 Å². The number of aromatic nitrogens is 2. The van der Waals surface area contributed by atoms with Gasteiger partial charge in [-0.3, -0.25) is 4.90 Å². The number of hydrogen-bond donors (Lipinski definition) is 1. The molecule has 2 amide bonds. The van der Waals surface area contributed by atoms with E-state index in [-0.39, 0.29) is 12.1 Å². The maximum absolute atomic E-state index is 13.6. The molecule has 0 saturated heterocycles. The molecule has 2 aliphatic rings. The SMILES string of the molecule is CN(C)c1cccc(-c2ccc3c(n2)N(C(=O)Nc2cccc(-c4cnco4)c2)C2CCCC32)c1. The average molecular weight is 466 g/mol. The van der Waals surface area contributed by atoms with Gasteiger partial charge in [-0.15, -0.1) is 0 Å². The van der Waals surface area contributed by atoms with Gasteiger partial charge < -0.3 is 14.6 Å². The molecule has 7 nitrogen and oxygen atoms in total. The number of nitrogens with one attached hydrogen (secondary N) is 1. The number of pyridine rings is 1. The van der Waals surface area contributed by atoms with Crippen LogP contribution in [0.3, 0.4) is 0 Å². The topological polar surface area (TPSA) is 74.5 Å². The van der Waals surface area contributed by atoms with Crippen molar-refractivity contribution in [2.24, 2.45) is 0 Å². The van der Waals surface area contributed by atoms with Crippen LogP contribution in [0.2, 0.25) is 0 Å². The second-order valence-electron chi connectivity index (χ2n) is 9.41. The number of anilines is 3. The predicted molar refractivity (Wildman–Crippen MR) is 138 cm³/mol. The number of hydrogen-bond acceptors (Lipinski definition) is 5. The van der Waals surface area contributed by atoms with Crippen LogP contribution in [0.15, 0.2) is 77.7 Å². The second-order valence-corrected chi connectivity index (χ2v) is 9.41. The molecule has 2 unspecified atom stereocenters. The molecule has 2 aromatic carbocycles. The summed E-state index contributed by atoms with van der Waals surface area (Å²) >= 11 is 0. The Morgan fingerprint density at radius 1 is 1.06 bits per heavy atom. The maximum Gasteiger partial charge on any atom is 0.327 e. The van der Waals surface area contributed by atoms with Gasteiger partial charge in [0, 0.05) is 54.1 Å². The van der Waals surface area contributed by atoms with E-state index in [0.29, 0.717) is 17.4 Å². The molecular weight excluding hydrogens is 438 g/mol. The number of carbonyl (C=O) groups is 1. The zero-order valence-electron chi connectivity index (χ0n) is 19.8. The number of amides is 2. The molecule has 4 aromatic rings. The Hall–Kier alpha value is -4.13. The zero-order valence-corrected chi connectivity index (χ0v) is 19.8. The number of oxazole rings is 1. The first kappa shape index (κ1) is 21.4. The van der Waals surface area contributed by atoms with Gasteiger partial charge in [-0.25, -0.2) is 14.8 Å². The monoisotopic (exact) mass is 465 g/mol. The summed E-state index contributed by atoms with van der Waals surface area (Å²) in [6, 6.07) is 20.2. The predicted octanol–water partition coefficient (Wildman–Crippen LogP) is 6.16. The van der Waals surface area contributed by atoms with E-state index >= 15 is 0 Å². The van der Waals surface area contributed by atoms with E-state index in [4.69, 9.17) is 9.40 Å². The van der Waals surface area contributed by atoms with Crippen molar-refractivity contribution >= 4 is 23.2 Å². The van der Waals surface area contributed by atoms with E-state index in [1.807, 2.05) is 49.3 Å². The summed E-state index contributed by atoms with van der Waals surface area (Å²) in [6.45, 7) is 0. The highest BCUT2D eigenvalue weighted by Crippen LogP contribution is 2.49. The fourth-order valence-electron chi connectivity index (χ4n) is 5.35. The van der Waals surface area contributed by atoms with Crippen LogP contribution in [0.4, 0.5) is 22.0 Å². The molecule has 1 aliphatic heterocycles. The van der Waals surface area contributed by atoms with Crippen molar-refractivity contribution in [2.75, 3.05) is 29.2 Å². The van der Waals surface area contributed by atoms with Crippen LogP contribution in [0.5, 0.6) is 0 Å². The smallest absolute Gasteiger partial charge is 0.327 e. The second kappa shape index (κ2) is 8.58. The molecule has 0 radical (unpaired) electrons. The highest BCUT2D eigenvalue weighted by molar-refractivity contribution is 6.03. The highest BCUT2D eigenvalue weighted by Gasteiger charge is 2.45. The maximum atomic E-state index is 13.6. The molecule has 6 rings (SSSR count). The summed E-state index contributed by atoms with van der Waals surface area (Å²) in [4.78, 5) is 26.6. The summed E-state index contributed by atoms with van der Waals surface area (Å²) in [7, 11) is 4.06. The van der Waals surface area contributed by atoms with Crippen LogP contribution in [-0.4, -0.2) is 36.1 Å². The molecule has 2 atom stereocenters. The molecule has 0 spiro atoms. The number of rotatable bonds is 4. The molecule has 3 heterocycles. The van der Waals surface area contributed by atoms with Crippen LogP contribution < -0.4 is 15.1 Å². The Labute approximate surface area is 204 Å². The highest BCUT2D eigenvalue weighted by atomic mass is 16.3. The van der Waals surface area contributed by atoms with Gasteiger partial charge in [0.1, 0.15) is 5.82 Å². The lowest BCUT2D eigenvalue weighted by molar-refractivity contribution is 0.255. The van der Waals surface area contributed by atoms with E-state index in [2.05, 4.69) is 45.5 Å². The summed E-state index contributed by atoms with van der Waals surface area (Å²) in [6.07, 6.45) is 6.25. The van der Waals surface area contributed by atoms with Crippen LogP contribution in [0.25, 0.3) is 22.6 Å². The molecule has 35 heavy (non-hydrogen) atoms. The summed E-state index contributed by atoms with van der Waals surface area (Å²) in [5.74, 6) is 1.78. The molecule has 2 aromatic heterocycles. The minimum absolute atomic E-state index is 0.137. The number of benzene rings is 2. The average Bonchev–Trinajstić information content (AvgIpc) is 3.62. The lowest BCUT2D eigenvalue weighted by Gasteiger charge is -2.24. The van der Waals surface area contributed by atoms with Gasteiger partial charge in [-0.1, -0.05) is 36.8 Å². The van der Waals surface area contributed by atoms with Crippen LogP contribution in [0, 0.1) is 0 Å². The number of carbonyl (C=O) groups excluding carboxylic acids is 1. The van der Waals surface area contributed by atoms with E-state index < -0.39 is 0 Å². The third-order valence-corrected chi connectivity index (χ3v) is 7.05. The molecule has 0 bridgehead atoms. The van der Waals surface area contributed by atoms with Gasteiger partial charge >= 0.3 is 6.03 Å². The molecule has 1 N–H and O–H groups in total. The molecule has 1 fully saturated rings. The summed E-state index contributed by atoms with van der Waals surface area (Å²) < 4.78 is 5.41. The van der Waals surface area contributed by atoms with Crippen LogP contribution >= 0.6 is 0 Å². The minimum Gasteiger partial charge on any atom is -0.444 e. The van der Waals surface area contributed by atoms with Crippen LogP contribution in [-0.2, 0) is 0 Å². The van der Waals surface area contributed by atoms with Crippen molar-refractivity contribution in [1.82, 2.24) is 9.97 Å². The first-order valence-electron chi connectivity index (χ1n) is 12.0. The largest absolute Gasteiger partial charge is 0.444 e. The third kappa shape index (κ3) is 3.83. The van der Waals surface area contributed by atoms with Crippen LogP contribution in [0.1, 0.15) is 30.7 Å². The van der Waals surface area contributed by atoms with Gasteiger partial charge in [0.05, 0.1) is 11.9 Å². The van der Waals surface area contributed by atoms with Crippen molar-refractivity contribution < 1.29 is 9.21 Å². The molecule has 1 saturated carbocycles. The van der Waals surface area contributed by atoms with Gasteiger partial charge in [-0.05, 0) is 43.2 Å². The van der Waals surface area contributed by atoms with Gasteiger partial charge in [0.15, 0.2) is 12.2 Å². The molecule has 176 valence electrons. The Morgan fingerprint density at radius 2 is 1.91 bits per heavy atom. The quantitative estimate of drug-likeness (QED) is 0.391. The number of fused-ring (bicyclic) bond motifs is 3. The van der Waals surface area contributed by atoms with Gasteiger partial charge in [-0.2, -0.15) is 0 Å². The van der Waals surface area contributed by atoms with Crippen molar-refractivity contribution in [2.45, 2.75) is 31.2 Å². The summed E-state index contributed by atoms with van der Waals surface area (Å²) in [5, 5.41) is 3.10. The first-order chi connectivity index (χ1) is 17.1. The van der Waals surface area contributed by atoms with Gasteiger partial charge in [0.2, 0.25) is 0 Å². The molecular formula is C28H27N5O2. The number of urea groups is 1. The molecule has 1 aliphatic carbocycles. The normalized spacial score (nSPS) is 18.3. The van der Waals surface area contributed by atoms with Gasteiger partial charge in [0.25, 0.3) is 0 Å². The van der Waals surface area contributed by atoms with E-state index in [1.165, 1.54) is 12.0 Å². The fraction of sp³-hybridized carbons (Fsp3) is 0.250. The Balaban J connectivity index is 1.33. The third-order valence-electron chi connectivity index (χ3n) is 7.05. The first-order valence-corrected chi connectivity index (χ1v) is 12.0.